The summed E-state index contributed by atoms with van der Waals surface area (Å²) in [5.74, 6) is 0. The summed E-state index contributed by atoms with van der Waals surface area (Å²) in [5.41, 5.74) is 1.06. The van der Waals surface area contributed by atoms with Gasteiger partial charge in [0.05, 0.1) is 0 Å². The van der Waals surface area contributed by atoms with Gasteiger partial charge in [-0.25, -0.2) is 0 Å². The van der Waals surface area contributed by atoms with Crippen LogP contribution in [0.25, 0.3) is 6.08 Å². The van der Waals surface area contributed by atoms with Gasteiger partial charge in [0.25, 0.3) is 0 Å². The first-order chi connectivity index (χ1) is 6.24. The molecule has 0 aliphatic heterocycles. The molecule has 0 spiro atoms. The van der Waals surface area contributed by atoms with Crippen molar-refractivity contribution in [3.05, 3.63) is 40.9 Å². The Morgan fingerprint density at radius 3 is 2.69 bits per heavy atom. The van der Waals surface area contributed by atoms with E-state index in [2.05, 4.69) is 18.3 Å². The second kappa shape index (κ2) is 5.05. The van der Waals surface area contributed by atoms with E-state index in [0.717, 1.165) is 10.6 Å². The molecule has 1 aromatic carbocycles. The van der Waals surface area contributed by atoms with Gasteiger partial charge in [-0.2, -0.15) is 0 Å². The van der Waals surface area contributed by atoms with Crippen molar-refractivity contribution in [3.8, 4) is 0 Å². The zero-order valence-corrected chi connectivity index (χ0v) is 8.68. The van der Waals surface area contributed by atoms with Crippen LogP contribution in [0, 0.1) is 0 Å². The fourth-order valence-corrected chi connectivity index (χ4v) is 1.15. The first-order valence-electron chi connectivity index (χ1n) is 4.34. The van der Waals surface area contributed by atoms with Gasteiger partial charge in [0.2, 0.25) is 0 Å². The van der Waals surface area contributed by atoms with Crippen molar-refractivity contribution in [2.45, 2.75) is 13.0 Å². The average molecular weight is 196 g/mol. The number of benzene rings is 1. The van der Waals surface area contributed by atoms with Crippen molar-refractivity contribution in [3.63, 3.8) is 0 Å². The molecule has 0 saturated heterocycles. The Bertz CT molecular complexity index is 294. The summed E-state index contributed by atoms with van der Waals surface area (Å²) in [7, 11) is 1.93. The SMILES string of the molecule is CN[C@@H](C)/C=C/c1ccccc1Cl. The van der Waals surface area contributed by atoms with Gasteiger partial charge in [-0.15, -0.1) is 0 Å². The van der Waals surface area contributed by atoms with Crippen LogP contribution in [0.3, 0.4) is 0 Å². The molecule has 1 atom stereocenters. The maximum absolute atomic E-state index is 5.98. The molecule has 1 rings (SSSR count). The Hall–Kier alpha value is -0.790. The van der Waals surface area contributed by atoms with Gasteiger partial charge < -0.3 is 5.32 Å². The van der Waals surface area contributed by atoms with Crippen LogP contribution >= 0.6 is 11.6 Å². The standard InChI is InChI=1S/C11H14ClN/c1-9(13-2)7-8-10-5-3-4-6-11(10)12/h3-9,13H,1-2H3/b8-7+/t9-/m0/s1. The Kier molecular flexibility index (Phi) is 4.00. The first-order valence-corrected chi connectivity index (χ1v) is 4.72. The fourth-order valence-electron chi connectivity index (χ4n) is 0.954. The third-order valence-corrected chi connectivity index (χ3v) is 2.27. The summed E-state index contributed by atoms with van der Waals surface area (Å²) in [6, 6.07) is 8.18. The van der Waals surface area contributed by atoms with Gasteiger partial charge in [-0.3, -0.25) is 0 Å². The molecule has 0 aliphatic carbocycles. The summed E-state index contributed by atoms with van der Waals surface area (Å²) in [6.07, 6.45) is 4.12. The lowest BCUT2D eigenvalue weighted by Gasteiger charge is -2.02. The number of hydrogen-bond donors (Lipinski definition) is 1. The van der Waals surface area contributed by atoms with Crippen LogP contribution in [-0.2, 0) is 0 Å². The quantitative estimate of drug-likeness (QED) is 0.782. The highest BCUT2D eigenvalue weighted by Crippen LogP contribution is 2.16. The van der Waals surface area contributed by atoms with Crippen molar-refractivity contribution in [1.29, 1.82) is 0 Å². The molecule has 0 bridgehead atoms. The van der Waals surface area contributed by atoms with Gasteiger partial charge in [-0.05, 0) is 25.6 Å². The Labute approximate surface area is 84.4 Å². The third kappa shape index (κ3) is 3.21. The largest absolute Gasteiger partial charge is 0.314 e. The monoisotopic (exact) mass is 195 g/mol. The number of halogens is 1. The molecule has 1 N–H and O–H groups in total. The van der Waals surface area contributed by atoms with Gasteiger partial charge in [0.1, 0.15) is 0 Å². The van der Waals surface area contributed by atoms with E-state index in [0.29, 0.717) is 6.04 Å². The van der Waals surface area contributed by atoms with Gasteiger partial charge in [-0.1, -0.05) is 42.0 Å². The van der Waals surface area contributed by atoms with Gasteiger partial charge >= 0.3 is 0 Å². The lowest BCUT2D eigenvalue weighted by Crippen LogP contribution is -2.17. The maximum Gasteiger partial charge on any atom is 0.0478 e. The molecule has 0 fully saturated rings. The molecule has 0 heterocycles. The molecule has 0 aliphatic rings. The molecule has 1 aromatic rings. The van der Waals surface area contributed by atoms with Crippen molar-refractivity contribution >= 4 is 17.7 Å². The van der Waals surface area contributed by atoms with E-state index in [-0.39, 0.29) is 0 Å². The van der Waals surface area contributed by atoms with E-state index in [1.165, 1.54) is 0 Å². The first kappa shape index (κ1) is 10.3. The second-order valence-electron chi connectivity index (χ2n) is 2.96. The minimum Gasteiger partial charge on any atom is -0.314 e. The van der Waals surface area contributed by atoms with E-state index in [1.54, 1.807) is 0 Å². The van der Waals surface area contributed by atoms with Crippen LogP contribution < -0.4 is 5.32 Å². The van der Waals surface area contributed by atoms with Crippen LogP contribution in [-0.4, -0.2) is 13.1 Å². The topological polar surface area (TPSA) is 12.0 Å². The molecule has 70 valence electrons. The number of likely N-dealkylation sites (N-methyl/N-ethyl adjacent to an activating group) is 1. The predicted octanol–water partition coefficient (Wildman–Crippen LogP) is 2.96. The molecular weight excluding hydrogens is 182 g/mol. The summed E-state index contributed by atoms with van der Waals surface area (Å²) in [4.78, 5) is 0. The van der Waals surface area contributed by atoms with E-state index < -0.39 is 0 Å². The number of rotatable bonds is 3. The Morgan fingerprint density at radius 2 is 2.08 bits per heavy atom. The number of nitrogens with one attached hydrogen (secondary N) is 1. The van der Waals surface area contributed by atoms with E-state index in [1.807, 2.05) is 37.4 Å². The summed E-state index contributed by atoms with van der Waals surface area (Å²) < 4.78 is 0. The molecule has 1 nitrogen and oxygen atoms in total. The number of hydrogen-bond acceptors (Lipinski definition) is 1. The highest BCUT2D eigenvalue weighted by molar-refractivity contribution is 6.32. The van der Waals surface area contributed by atoms with Crippen LogP contribution in [0.15, 0.2) is 30.3 Å². The molecule has 0 radical (unpaired) electrons. The van der Waals surface area contributed by atoms with Crippen LogP contribution in [0.5, 0.6) is 0 Å². The van der Waals surface area contributed by atoms with Crippen molar-refractivity contribution in [2.75, 3.05) is 7.05 Å². The smallest absolute Gasteiger partial charge is 0.0478 e. The molecule has 0 unspecified atom stereocenters. The molecule has 0 aromatic heterocycles. The minimum atomic E-state index is 0.372. The summed E-state index contributed by atoms with van der Waals surface area (Å²) >= 11 is 5.98. The normalized spacial score (nSPS) is 13.5. The van der Waals surface area contributed by atoms with E-state index in [9.17, 15) is 0 Å². The van der Waals surface area contributed by atoms with E-state index in [4.69, 9.17) is 11.6 Å². The van der Waals surface area contributed by atoms with Crippen molar-refractivity contribution in [2.24, 2.45) is 0 Å². The van der Waals surface area contributed by atoms with Crippen molar-refractivity contribution in [1.82, 2.24) is 5.32 Å². The van der Waals surface area contributed by atoms with E-state index >= 15 is 0 Å². The maximum atomic E-state index is 5.98. The molecular formula is C11H14ClN. The Balaban J connectivity index is 2.74. The third-order valence-electron chi connectivity index (χ3n) is 1.93. The zero-order valence-electron chi connectivity index (χ0n) is 7.92. The highest BCUT2D eigenvalue weighted by Gasteiger charge is 1.94. The van der Waals surface area contributed by atoms with Crippen LogP contribution in [0.1, 0.15) is 12.5 Å². The van der Waals surface area contributed by atoms with Gasteiger partial charge in [0.15, 0.2) is 0 Å². The van der Waals surface area contributed by atoms with Crippen LogP contribution in [0.2, 0.25) is 5.02 Å². The fraction of sp³-hybridized carbons (Fsp3) is 0.273. The zero-order chi connectivity index (χ0) is 9.68. The molecule has 0 amide bonds. The lowest BCUT2D eigenvalue weighted by molar-refractivity contribution is 0.731. The summed E-state index contributed by atoms with van der Waals surface area (Å²) in [6.45, 7) is 2.09. The highest BCUT2D eigenvalue weighted by atomic mass is 35.5. The van der Waals surface area contributed by atoms with Crippen molar-refractivity contribution < 1.29 is 0 Å². The molecule has 0 saturated carbocycles. The average Bonchev–Trinajstić information content (AvgIpc) is 2.16. The molecule has 2 heteroatoms. The predicted molar refractivity (Wildman–Crippen MR) is 59.0 cm³/mol. The van der Waals surface area contributed by atoms with Crippen LogP contribution in [0.4, 0.5) is 0 Å². The second-order valence-corrected chi connectivity index (χ2v) is 3.37. The summed E-state index contributed by atoms with van der Waals surface area (Å²) in [5, 5.41) is 3.92. The minimum absolute atomic E-state index is 0.372. The lowest BCUT2D eigenvalue weighted by atomic mass is 10.2. The Morgan fingerprint density at radius 1 is 1.38 bits per heavy atom. The van der Waals surface area contributed by atoms with Gasteiger partial charge in [0, 0.05) is 11.1 Å². The molecule has 13 heavy (non-hydrogen) atoms.